The maximum Gasteiger partial charge on any atom is 0.258 e. The first-order valence-electron chi connectivity index (χ1n) is 10.4. The average molecular weight is 446 g/mol. The Morgan fingerprint density at radius 2 is 1.77 bits per heavy atom. The maximum atomic E-state index is 12.6. The number of hydrogen-bond acceptors (Lipinski definition) is 5. The molecule has 2 aromatic carbocycles. The lowest BCUT2D eigenvalue weighted by Crippen LogP contribution is -2.38. The van der Waals surface area contributed by atoms with E-state index in [9.17, 15) is 9.59 Å². The molecule has 0 spiro atoms. The summed E-state index contributed by atoms with van der Waals surface area (Å²) in [5.41, 5.74) is 1.28. The lowest BCUT2D eigenvalue weighted by Gasteiger charge is -2.26. The normalized spacial score (nSPS) is 14.1. The van der Waals surface area contributed by atoms with E-state index in [0.29, 0.717) is 22.9 Å². The first-order chi connectivity index (χ1) is 15.0. The van der Waals surface area contributed by atoms with Crippen LogP contribution < -0.4 is 15.0 Å². The molecule has 2 amide bonds. The Morgan fingerprint density at radius 3 is 2.45 bits per heavy atom. The van der Waals surface area contributed by atoms with Gasteiger partial charge in [-0.3, -0.25) is 14.5 Å². The van der Waals surface area contributed by atoms with E-state index in [4.69, 9.17) is 21.1 Å². The Morgan fingerprint density at radius 1 is 1.10 bits per heavy atom. The lowest BCUT2D eigenvalue weighted by atomic mass is 10.2. The van der Waals surface area contributed by atoms with Crippen molar-refractivity contribution in [2.24, 2.45) is 0 Å². The molecule has 8 heteroatoms. The molecule has 1 heterocycles. The summed E-state index contributed by atoms with van der Waals surface area (Å²) in [7, 11) is 1.71. The van der Waals surface area contributed by atoms with Crippen LogP contribution in [0.2, 0.25) is 5.02 Å². The second kappa shape index (κ2) is 11.7. The van der Waals surface area contributed by atoms with Gasteiger partial charge in [-0.1, -0.05) is 11.6 Å². The van der Waals surface area contributed by atoms with Crippen LogP contribution in [0.25, 0.3) is 0 Å². The number of amides is 2. The largest absolute Gasteiger partial charge is 0.484 e. The fourth-order valence-corrected chi connectivity index (χ4v) is 3.35. The van der Waals surface area contributed by atoms with Gasteiger partial charge >= 0.3 is 0 Å². The molecule has 2 aromatic rings. The minimum absolute atomic E-state index is 0.0452. The van der Waals surface area contributed by atoms with Gasteiger partial charge in [0.2, 0.25) is 0 Å². The minimum atomic E-state index is -0.152. The van der Waals surface area contributed by atoms with Crippen molar-refractivity contribution in [2.75, 3.05) is 57.9 Å². The highest BCUT2D eigenvalue weighted by Crippen LogP contribution is 2.21. The van der Waals surface area contributed by atoms with E-state index in [2.05, 4.69) is 10.2 Å². The molecule has 0 saturated carbocycles. The molecule has 0 radical (unpaired) electrons. The third kappa shape index (κ3) is 7.24. The summed E-state index contributed by atoms with van der Waals surface area (Å²) >= 11 is 5.88. The van der Waals surface area contributed by atoms with E-state index in [0.717, 1.165) is 45.0 Å². The quantitative estimate of drug-likeness (QED) is 0.601. The molecule has 1 aliphatic heterocycles. The molecule has 0 unspecified atom stereocenters. The highest BCUT2D eigenvalue weighted by atomic mass is 35.5. The van der Waals surface area contributed by atoms with Crippen molar-refractivity contribution in [3.63, 3.8) is 0 Å². The van der Waals surface area contributed by atoms with Crippen LogP contribution in [-0.4, -0.2) is 69.8 Å². The third-order valence-corrected chi connectivity index (χ3v) is 5.32. The summed E-state index contributed by atoms with van der Waals surface area (Å²) in [5.74, 6) is 0.280. The Balaban J connectivity index is 1.38. The molecular weight excluding hydrogens is 418 g/mol. The summed E-state index contributed by atoms with van der Waals surface area (Å²) in [6.07, 6.45) is 0.897. The van der Waals surface area contributed by atoms with Gasteiger partial charge in [-0.2, -0.15) is 0 Å². The number of morpholine rings is 1. The summed E-state index contributed by atoms with van der Waals surface area (Å²) in [5, 5.41) is 3.46. The van der Waals surface area contributed by atoms with Crippen LogP contribution in [-0.2, 0) is 9.53 Å². The summed E-state index contributed by atoms with van der Waals surface area (Å²) in [6.45, 7) is 5.00. The molecule has 0 atom stereocenters. The molecule has 1 fully saturated rings. The zero-order chi connectivity index (χ0) is 22.1. The number of rotatable bonds is 9. The molecule has 7 nitrogen and oxygen atoms in total. The summed E-state index contributed by atoms with van der Waals surface area (Å²) in [4.78, 5) is 28.4. The molecule has 0 bridgehead atoms. The molecule has 31 heavy (non-hydrogen) atoms. The van der Waals surface area contributed by atoms with Gasteiger partial charge in [0.25, 0.3) is 11.8 Å². The SMILES string of the molecule is CN(C(=O)c1ccc(Cl)cc1)c1ccc(OCC(=O)NCCCN2CCOCC2)cc1. The number of hydrogen-bond donors (Lipinski definition) is 1. The molecule has 1 aliphatic rings. The van der Waals surface area contributed by atoms with Gasteiger partial charge in [-0.25, -0.2) is 0 Å². The number of halogens is 1. The lowest BCUT2D eigenvalue weighted by molar-refractivity contribution is -0.123. The van der Waals surface area contributed by atoms with Gasteiger partial charge in [-0.05, 0) is 61.5 Å². The number of carbonyl (C=O) groups excluding carboxylic acids is 2. The summed E-state index contributed by atoms with van der Waals surface area (Å²) in [6, 6.07) is 13.8. The molecule has 1 saturated heterocycles. The smallest absolute Gasteiger partial charge is 0.258 e. The number of nitrogens with zero attached hydrogens (tertiary/aromatic N) is 2. The van der Waals surface area contributed by atoms with Crippen molar-refractivity contribution in [1.29, 1.82) is 0 Å². The fraction of sp³-hybridized carbons (Fsp3) is 0.391. The Kier molecular flexibility index (Phi) is 8.70. The molecule has 3 rings (SSSR count). The van der Waals surface area contributed by atoms with E-state index in [-0.39, 0.29) is 18.4 Å². The van der Waals surface area contributed by atoms with E-state index >= 15 is 0 Å². The van der Waals surface area contributed by atoms with Crippen molar-refractivity contribution in [3.8, 4) is 5.75 Å². The van der Waals surface area contributed by atoms with Crippen molar-refractivity contribution in [2.45, 2.75) is 6.42 Å². The Hall–Kier alpha value is -2.61. The van der Waals surface area contributed by atoms with E-state index in [1.807, 2.05) is 0 Å². The second-order valence-corrected chi connectivity index (χ2v) is 7.75. The topological polar surface area (TPSA) is 71.1 Å². The van der Waals surface area contributed by atoms with Crippen molar-refractivity contribution in [3.05, 3.63) is 59.1 Å². The van der Waals surface area contributed by atoms with Crippen LogP contribution in [0.5, 0.6) is 5.75 Å². The predicted octanol–water partition coefficient (Wildman–Crippen LogP) is 2.83. The number of nitrogens with one attached hydrogen (secondary N) is 1. The van der Waals surface area contributed by atoms with Crippen LogP contribution in [0, 0.1) is 0 Å². The molecule has 1 N–H and O–H groups in total. The van der Waals surface area contributed by atoms with E-state index < -0.39 is 0 Å². The van der Waals surface area contributed by atoms with Crippen LogP contribution in [0.4, 0.5) is 5.69 Å². The molecular formula is C23H28ClN3O4. The van der Waals surface area contributed by atoms with Gasteiger partial charge in [0.15, 0.2) is 6.61 Å². The average Bonchev–Trinajstić information content (AvgIpc) is 2.81. The van der Waals surface area contributed by atoms with Gasteiger partial charge < -0.3 is 19.7 Å². The van der Waals surface area contributed by atoms with Gasteiger partial charge in [0.1, 0.15) is 5.75 Å². The molecule has 0 aliphatic carbocycles. The van der Waals surface area contributed by atoms with E-state index in [1.165, 1.54) is 0 Å². The summed E-state index contributed by atoms with van der Waals surface area (Å²) < 4.78 is 10.9. The predicted molar refractivity (Wildman–Crippen MR) is 121 cm³/mol. The second-order valence-electron chi connectivity index (χ2n) is 7.31. The Bertz CT molecular complexity index is 852. The number of ether oxygens (including phenoxy) is 2. The van der Waals surface area contributed by atoms with Crippen LogP contribution in [0.3, 0.4) is 0 Å². The Labute approximate surface area is 187 Å². The zero-order valence-electron chi connectivity index (χ0n) is 17.7. The van der Waals surface area contributed by atoms with E-state index in [1.54, 1.807) is 60.5 Å². The van der Waals surface area contributed by atoms with Gasteiger partial charge in [0.05, 0.1) is 13.2 Å². The van der Waals surface area contributed by atoms with Crippen molar-refractivity contribution >= 4 is 29.1 Å². The van der Waals surface area contributed by atoms with Crippen molar-refractivity contribution in [1.82, 2.24) is 10.2 Å². The fourth-order valence-electron chi connectivity index (χ4n) is 3.22. The standard InChI is InChI=1S/C23H28ClN3O4/c1-26(23(29)18-3-5-19(24)6-4-18)20-7-9-21(10-8-20)31-17-22(28)25-11-2-12-27-13-15-30-16-14-27/h3-10H,2,11-17H2,1H3,(H,25,28). The molecule has 166 valence electrons. The van der Waals surface area contributed by atoms with Crippen molar-refractivity contribution < 1.29 is 19.1 Å². The van der Waals surface area contributed by atoms with Gasteiger partial charge in [0, 0.05) is 43.0 Å². The minimum Gasteiger partial charge on any atom is -0.484 e. The van der Waals surface area contributed by atoms with Gasteiger partial charge in [-0.15, -0.1) is 0 Å². The highest BCUT2D eigenvalue weighted by Gasteiger charge is 2.14. The zero-order valence-corrected chi connectivity index (χ0v) is 18.4. The van der Waals surface area contributed by atoms with Crippen LogP contribution >= 0.6 is 11.6 Å². The maximum absolute atomic E-state index is 12.6. The third-order valence-electron chi connectivity index (χ3n) is 5.07. The first-order valence-corrected chi connectivity index (χ1v) is 10.7. The number of anilines is 1. The number of benzene rings is 2. The highest BCUT2D eigenvalue weighted by molar-refractivity contribution is 6.30. The molecule has 0 aromatic heterocycles. The first kappa shape index (κ1) is 23.1. The number of carbonyl (C=O) groups is 2. The van der Waals surface area contributed by atoms with Crippen LogP contribution in [0.15, 0.2) is 48.5 Å². The monoisotopic (exact) mass is 445 g/mol. The van der Waals surface area contributed by atoms with Crippen LogP contribution in [0.1, 0.15) is 16.8 Å².